The average Bonchev–Trinajstić information content (AvgIpc) is 3.31. The summed E-state index contributed by atoms with van der Waals surface area (Å²) in [6, 6.07) is 46.2. The Balaban J connectivity index is 1.37. The van der Waals surface area contributed by atoms with Crippen molar-refractivity contribution >= 4 is 37.7 Å². The van der Waals surface area contributed by atoms with E-state index in [2.05, 4.69) is 118 Å². The molecule has 0 aliphatic carbocycles. The van der Waals surface area contributed by atoms with E-state index in [0.29, 0.717) is 0 Å². The summed E-state index contributed by atoms with van der Waals surface area (Å²) in [6.07, 6.45) is 0. The number of para-hydroxylation sites is 1. The van der Waals surface area contributed by atoms with Crippen molar-refractivity contribution in [2.24, 2.45) is 0 Å². The fourth-order valence-corrected chi connectivity index (χ4v) is 5.43. The van der Waals surface area contributed by atoms with Crippen LogP contribution >= 0.6 is 15.9 Å². The van der Waals surface area contributed by atoms with Crippen molar-refractivity contribution in [2.75, 3.05) is 0 Å². The van der Waals surface area contributed by atoms with Gasteiger partial charge in [-0.25, -0.2) is 9.97 Å². The predicted molar refractivity (Wildman–Crippen MR) is 160 cm³/mol. The van der Waals surface area contributed by atoms with E-state index in [4.69, 9.17) is 9.97 Å². The Morgan fingerprint density at radius 3 is 1.76 bits per heavy atom. The lowest BCUT2D eigenvalue weighted by Gasteiger charge is -2.11. The van der Waals surface area contributed by atoms with Crippen molar-refractivity contribution in [1.82, 2.24) is 14.5 Å². The van der Waals surface area contributed by atoms with E-state index in [1.165, 1.54) is 21.8 Å². The van der Waals surface area contributed by atoms with E-state index < -0.39 is 0 Å². The van der Waals surface area contributed by atoms with Crippen LogP contribution in [-0.2, 0) is 0 Å². The Kier molecular flexibility index (Phi) is 5.60. The molecule has 4 heteroatoms. The monoisotopic (exact) mass is 551 g/mol. The molecule has 0 bridgehead atoms. The minimum Gasteiger partial charge on any atom is -0.309 e. The first kappa shape index (κ1) is 22.6. The molecular formula is C34H22BrN3. The summed E-state index contributed by atoms with van der Waals surface area (Å²) in [5, 5.41) is 2.47. The van der Waals surface area contributed by atoms with Crippen molar-refractivity contribution in [3.05, 3.63) is 138 Å². The van der Waals surface area contributed by atoms with Gasteiger partial charge in [0, 0.05) is 37.6 Å². The lowest BCUT2D eigenvalue weighted by Crippen LogP contribution is -1.97. The third kappa shape index (κ3) is 4.00. The Morgan fingerprint density at radius 2 is 1.05 bits per heavy atom. The standard InChI is InChI=1S/C34H22BrN3/c35-26-17-20-33-29(21-26)28-13-7-8-14-32(28)38(33)27-18-15-24(16-19-27)31-22-30(23-9-3-1-4-10-23)36-34(37-31)25-11-5-2-6-12-25/h1-22H. The minimum absolute atomic E-state index is 0.721. The summed E-state index contributed by atoms with van der Waals surface area (Å²) in [5.41, 5.74) is 8.41. The Morgan fingerprint density at radius 1 is 0.474 bits per heavy atom. The van der Waals surface area contributed by atoms with E-state index in [9.17, 15) is 0 Å². The summed E-state index contributed by atoms with van der Waals surface area (Å²) in [7, 11) is 0. The minimum atomic E-state index is 0.721. The van der Waals surface area contributed by atoms with Crippen molar-refractivity contribution in [2.45, 2.75) is 0 Å². The first-order chi connectivity index (χ1) is 18.7. The van der Waals surface area contributed by atoms with Gasteiger partial charge in [-0.15, -0.1) is 0 Å². The van der Waals surface area contributed by atoms with Crippen molar-refractivity contribution in [3.8, 4) is 39.6 Å². The maximum absolute atomic E-state index is 4.98. The molecule has 3 nitrogen and oxygen atoms in total. The quantitative estimate of drug-likeness (QED) is 0.218. The maximum Gasteiger partial charge on any atom is 0.160 e. The van der Waals surface area contributed by atoms with Gasteiger partial charge in [0.05, 0.1) is 22.4 Å². The second-order valence-electron chi connectivity index (χ2n) is 9.25. The maximum atomic E-state index is 4.98. The second-order valence-corrected chi connectivity index (χ2v) is 10.2. The number of benzene rings is 5. The molecule has 2 aromatic heterocycles. The number of fused-ring (bicyclic) bond motifs is 3. The summed E-state index contributed by atoms with van der Waals surface area (Å²) < 4.78 is 3.40. The first-order valence-corrected chi connectivity index (χ1v) is 13.3. The molecule has 38 heavy (non-hydrogen) atoms. The lowest BCUT2D eigenvalue weighted by atomic mass is 10.1. The molecule has 5 aromatic carbocycles. The highest BCUT2D eigenvalue weighted by Gasteiger charge is 2.14. The largest absolute Gasteiger partial charge is 0.309 e. The topological polar surface area (TPSA) is 30.7 Å². The van der Waals surface area contributed by atoms with Crippen LogP contribution in [0.4, 0.5) is 0 Å². The van der Waals surface area contributed by atoms with Crippen molar-refractivity contribution < 1.29 is 0 Å². The summed E-state index contributed by atoms with van der Waals surface area (Å²) >= 11 is 3.64. The number of hydrogen-bond acceptors (Lipinski definition) is 2. The molecule has 0 fully saturated rings. The Labute approximate surface area is 229 Å². The zero-order valence-electron chi connectivity index (χ0n) is 20.4. The van der Waals surface area contributed by atoms with E-state index in [1.54, 1.807) is 0 Å². The highest BCUT2D eigenvalue weighted by molar-refractivity contribution is 9.10. The van der Waals surface area contributed by atoms with E-state index in [0.717, 1.165) is 44.1 Å². The zero-order valence-corrected chi connectivity index (χ0v) is 22.0. The highest BCUT2D eigenvalue weighted by Crippen LogP contribution is 2.34. The molecule has 0 aliphatic heterocycles. The first-order valence-electron chi connectivity index (χ1n) is 12.5. The molecule has 0 spiro atoms. The highest BCUT2D eigenvalue weighted by atomic mass is 79.9. The van der Waals surface area contributed by atoms with Gasteiger partial charge in [0.25, 0.3) is 0 Å². The molecule has 0 aliphatic rings. The molecule has 0 saturated carbocycles. The van der Waals surface area contributed by atoms with Gasteiger partial charge in [0.15, 0.2) is 5.82 Å². The predicted octanol–water partition coefficient (Wildman–Crippen LogP) is 9.34. The van der Waals surface area contributed by atoms with Crippen molar-refractivity contribution in [3.63, 3.8) is 0 Å². The number of nitrogens with zero attached hydrogens (tertiary/aromatic N) is 3. The van der Waals surface area contributed by atoms with E-state index in [-0.39, 0.29) is 0 Å². The normalized spacial score (nSPS) is 11.3. The zero-order chi connectivity index (χ0) is 25.5. The lowest BCUT2D eigenvalue weighted by molar-refractivity contribution is 1.17. The van der Waals surface area contributed by atoms with Crippen LogP contribution in [0.25, 0.3) is 61.4 Å². The summed E-state index contributed by atoms with van der Waals surface area (Å²) in [6.45, 7) is 0. The SMILES string of the molecule is Brc1ccc2c(c1)c1ccccc1n2-c1ccc(-c2cc(-c3ccccc3)nc(-c3ccccc3)n2)cc1. The molecule has 0 unspecified atom stereocenters. The summed E-state index contributed by atoms with van der Waals surface area (Å²) in [4.78, 5) is 9.89. The summed E-state index contributed by atoms with van der Waals surface area (Å²) in [5.74, 6) is 0.721. The van der Waals surface area contributed by atoms with Crippen LogP contribution < -0.4 is 0 Å². The van der Waals surface area contributed by atoms with Gasteiger partial charge in [0.1, 0.15) is 0 Å². The molecule has 180 valence electrons. The third-order valence-corrected chi connectivity index (χ3v) is 7.38. The molecular weight excluding hydrogens is 530 g/mol. The number of halogens is 1. The Bertz CT molecular complexity index is 1850. The van der Waals surface area contributed by atoms with Crippen LogP contribution in [0, 0.1) is 0 Å². The molecule has 7 rings (SSSR count). The smallest absolute Gasteiger partial charge is 0.160 e. The second kappa shape index (κ2) is 9.40. The van der Waals surface area contributed by atoms with Gasteiger partial charge < -0.3 is 4.57 Å². The van der Waals surface area contributed by atoms with Crippen LogP contribution in [0.5, 0.6) is 0 Å². The van der Waals surface area contributed by atoms with Gasteiger partial charge in [-0.1, -0.05) is 107 Å². The molecule has 0 amide bonds. The van der Waals surface area contributed by atoms with Crippen LogP contribution in [-0.4, -0.2) is 14.5 Å². The van der Waals surface area contributed by atoms with Gasteiger partial charge >= 0.3 is 0 Å². The van der Waals surface area contributed by atoms with Gasteiger partial charge in [0.2, 0.25) is 0 Å². The number of rotatable bonds is 4. The van der Waals surface area contributed by atoms with Gasteiger partial charge in [-0.2, -0.15) is 0 Å². The van der Waals surface area contributed by atoms with Crippen LogP contribution in [0.2, 0.25) is 0 Å². The molecule has 0 saturated heterocycles. The van der Waals surface area contributed by atoms with Gasteiger partial charge in [-0.05, 0) is 42.5 Å². The molecule has 0 atom stereocenters. The molecule has 0 radical (unpaired) electrons. The number of aromatic nitrogens is 3. The molecule has 2 heterocycles. The third-order valence-electron chi connectivity index (χ3n) is 6.88. The van der Waals surface area contributed by atoms with Gasteiger partial charge in [-0.3, -0.25) is 0 Å². The fraction of sp³-hybridized carbons (Fsp3) is 0. The fourth-order valence-electron chi connectivity index (χ4n) is 5.07. The van der Waals surface area contributed by atoms with Crippen molar-refractivity contribution in [1.29, 1.82) is 0 Å². The Hall–Kier alpha value is -4.54. The van der Waals surface area contributed by atoms with E-state index >= 15 is 0 Å². The number of hydrogen-bond donors (Lipinski definition) is 0. The van der Waals surface area contributed by atoms with Crippen LogP contribution in [0.15, 0.2) is 138 Å². The average molecular weight is 552 g/mol. The van der Waals surface area contributed by atoms with E-state index in [1.807, 2.05) is 36.4 Å². The van der Waals surface area contributed by atoms with Crippen LogP contribution in [0.1, 0.15) is 0 Å². The van der Waals surface area contributed by atoms with Crippen LogP contribution in [0.3, 0.4) is 0 Å². The molecule has 7 aromatic rings. The molecule has 0 N–H and O–H groups in total.